The number of benzene rings is 2. The second kappa shape index (κ2) is 11.5. The van der Waals surface area contributed by atoms with Crippen molar-refractivity contribution in [2.75, 3.05) is 25.1 Å². The molecule has 2 aromatic carbocycles. The topological polar surface area (TPSA) is 90.9 Å². The van der Waals surface area contributed by atoms with E-state index in [-0.39, 0.29) is 18.6 Å². The van der Waals surface area contributed by atoms with Crippen molar-refractivity contribution >= 4 is 23.5 Å². The monoisotopic (exact) mass is 399 g/mol. The van der Waals surface area contributed by atoms with E-state index in [9.17, 15) is 14.4 Å². The van der Waals surface area contributed by atoms with Gasteiger partial charge in [0.1, 0.15) is 5.75 Å². The number of para-hydroxylation sites is 1. The Labute approximate surface area is 170 Å². The average Bonchev–Trinajstić information content (AvgIpc) is 2.71. The van der Waals surface area contributed by atoms with E-state index in [4.69, 9.17) is 14.2 Å². The fourth-order valence-corrected chi connectivity index (χ4v) is 2.42. The van der Waals surface area contributed by atoms with Crippen LogP contribution in [0.25, 0.3) is 0 Å². The quantitative estimate of drug-likeness (QED) is 0.486. The zero-order chi connectivity index (χ0) is 21.1. The van der Waals surface area contributed by atoms with Gasteiger partial charge >= 0.3 is 11.9 Å². The number of amides is 1. The van der Waals surface area contributed by atoms with Crippen LogP contribution in [0.3, 0.4) is 0 Å². The molecular weight excluding hydrogens is 374 g/mol. The van der Waals surface area contributed by atoms with Crippen LogP contribution in [0.2, 0.25) is 0 Å². The molecule has 0 bridgehead atoms. The molecule has 0 aliphatic rings. The Morgan fingerprint density at radius 2 is 1.69 bits per heavy atom. The van der Waals surface area contributed by atoms with Gasteiger partial charge in [0.15, 0.2) is 6.61 Å². The number of esters is 2. The Hall–Kier alpha value is -3.35. The van der Waals surface area contributed by atoms with Crippen molar-refractivity contribution in [3.05, 3.63) is 59.7 Å². The van der Waals surface area contributed by atoms with Crippen molar-refractivity contribution in [2.45, 2.75) is 26.7 Å². The number of anilines is 1. The maximum atomic E-state index is 12.0. The van der Waals surface area contributed by atoms with E-state index < -0.39 is 24.5 Å². The third kappa shape index (κ3) is 7.65. The van der Waals surface area contributed by atoms with E-state index in [0.29, 0.717) is 18.7 Å². The molecule has 0 saturated heterocycles. The summed E-state index contributed by atoms with van der Waals surface area (Å²) in [6, 6.07) is 14.1. The molecule has 0 radical (unpaired) electrons. The van der Waals surface area contributed by atoms with Crippen molar-refractivity contribution < 1.29 is 28.6 Å². The lowest BCUT2D eigenvalue weighted by Gasteiger charge is -2.10. The summed E-state index contributed by atoms with van der Waals surface area (Å²) in [5, 5.41) is 2.56. The van der Waals surface area contributed by atoms with E-state index >= 15 is 0 Å². The minimum atomic E-state index is -0.536. The third-order valence-electron chi connectivity index (χ3n) is 3.88. The lowest BCUT2D eigenvalue weighted by Crippen LogP contribution is -2.22. The fraction of sp³-hybridized carbons (Fsp3) is 0.318. The van der Waals surface area contributed by atoms with E-state index in [1.807, 2.05) is 31.2 Å². The first-order valence-electron chi connectivity index (χ1n) is 9.40. The Morgan fingerprint density at radius 3 is 2.41 bits per heavy atom. The second-order valence-electron chi connectivity index (χ2n) is 6.24. The summed E-state index contributed by atoms with van der Waals surface area (Å²) >= 11 is 0. The molecule has 0 atom stereocenters. The van der Waals surface area contributed by atoms with Crippen molar-refractivity contribution in [1.82, 2.24) is 0 Å². The van der Waals surface area contributed by atoms with Gasteiger partial charge in [-0.15, -0.1) is 0 Å². The molecule has 1 amide bonds. The van der Waals surface area contributed by atoms with Crippen molar-refractivity contribution in [1.29, 1.82) is 0 Å². The summed E-state index contributed by atoms with van der Waals surface area (Å²) in [6.45, 7) is 3.86. The molecule has 0 unspecified atom stereocenters. The summed E-state index contributed by atoms with van der Waals surface area (Å²) in [6.07, 6.45) is 0.610. The smallest absolute Gasteiger partial charge is 0.340 e. The predicted octanol–water partition coefficient (Wildman–Crippen LogP) is 3.51. The van der Waals surface area contributed by atoms with Crippen molar-refractivity contribution in [3.63, 3.8) is 0 Å². The molecule has 29 heavy (non-hydrogen) atoms. The van der Waals surface area contributed by atoms with Crippen LogP contribution in [-0.2, 0) is 19.1 Å². The number of nitrogens with one attached hydrogen (secondary N) is 1. The van der Waals surface area contributed by atoms with Gasteiger partial charge in [-0.05, 0) is 44.5 Å². The van der Waals surface area contributed by atoms with Crippen LogP contribution < -0.4 is 10.1 Å². The Bertz CT molecular complexity index is 831. The van der Waals surface area contributed by atoms with E-state index in [1.165, 1.54) is 0 Å². The highest BCUT2D eigenvalue weighted by molar-refractivity contribution is 6.01. The van der Waals surface area contributed by atoms with E-state index in [1.54, 1.807) is 31.2 Å². The van der Waals surface area contributed by atoms with E-state index in [2.05, 4.69) is 5.32 Å². The van der Waals surface area contributed by atoms with Crippen LogP contribution in [-0.4, -0.2) is 37.7 Å². The van der Waals surface area contributed by atoms with Crippen molar-refractivity contribution in [3.8, 4) is 5.75 Å². The maximum absolute atomic E-state index is 12.0. The van der Waals surface area contributed by atoms with Gasteiger partial charge in [-0.25, -0.2) is 4.79 Å². The molecule has 0 saturated carbocycles. The molecule has 154 valence electrons. The van der Waals surface area contributed by atoms with Gasteiger partial charge in [0.2, 0.25) is 0 Å². The lowest BCUT2D eigenvalue weighted by molar-refractivity contribution is -0.147. The molecule has 1 N–H and O–H groups in total. The molecule has 0 aliphatic heterocycles. The van der Waals surface area contributed by atoms with Gasteiger partial charge in [0.05, 0.1) is 24.5 Å². The summed E-state index contributed by atoms with van der Waals surface area (Å²) in [5.41, 5.74) is 1.69. The number of aryl methyl sites for hydroxylation is 1. The van der Waals surface area contributed by atoms with Gasteiger partial charge < -0.3 is 19.5 Å². The minimum absolute atomic E-state index is 0.137. The van der Waals surface area contributed by atoms with Crippen LogP contribution >= 0.6 is 0 Å². The van der Waals surface area contributed by atoms with Crippen LogP contribution in [0.1, 0.15) is 35.7 Å². The van der Waals surface area contributed by atoms with Crippen molar-refractivity contribution in [2.24, 2.45) is 0 Å². The molecule has 0 spiro atoms. The molecular formula is C22H25NO6. The minimum Gasteiger partial charge on any atom is -0.494 e. The average molecular weight is 399 g/mol. The number of rotatable bonds is 10. The lowest BCUT2D eigenvalue weighted by atomic mass is 10.2. The number of carbonyl (C=O) groups excluding carboxylic acids is 3. The largest absolute Gasteiger partial charge is 0.494 e. The first-order chi connectivity index (χ1) is 14.0. The van der Waals surface area contributed by atoms with Gasteiger partial charge in [-0.1, -0.05) is 29.8 Å². The highest BCUT2D eigenvalue weighted by Gasteiger charge is 2.15. The number of hydrogen-bond acceptors (Lipinski definition) is 6. The van der Waals surface area contributed by atoms with Gasteiger partial charge in [-0.2, -0.15) is 0 Å². The van der Waals surface area contributed by atoms with Crippen LogP contribution in [0.5, 0.6) is 5.75 Å². The molecule has 0 aliphatic carbocycles. The highest BCUT2D eigenvalue weighted by atomic mass is 16.5. The SMILES string of the molecule is CCOC(=O)c1ccccc1NC(=O)COC(=O)CCCOc1ccc(C)cc1. The van der Waals surface area contributed by atoms with Gasteiger partial charge in [-0.3, -0.25) is 9.59 Å². The Morgan fingerprint density at radius 1 is 0.966 bits per heavy atom. The molecule has 0 fully saturated rings. The van der Waals surface area contributed by atoms with Gasteiger partial charge in [0.25, 0.3) is 5.91 Å². The molecule has 7 heteroatoms. The standard InChI is InChI=1S/C22H25NO6/c1-3-27-22(26)18-7-4-5-8-19(18)23-20(24)15-29-21(25)9-6-14-28-17-12-10-16(2)11-13-17/h4-5,7-8,10-13H,3,6,9,14-15H2,1-2H3,(H,23,24). The number of ether oxygens (including phenoxy) is 3. The molecule has 2 rings (SSSR count). The first kappa shape index (κ1) is 21.9. The summed E-state index contributed by atoms with van der Waals surface area (Å²) in [7, 11) is 0. The molecule has 7 nitrogen and oxygen atoms in total. The summed E-state index contributed by atoms with van der Waals surface area (Å²) in [4.78, 5) is 35.7. The first-order valence-corrected chi connectivity index (χ1v) is 9.40. The van der Waals surface area contributed by atoms with Crippen LogP contribution in [0.4, 0.5) is 5.69 Å². The zero-order valence-corrected chi connectivity index (χ0v) is 16.6. The Balaban J connectivity index is 1.70. The second-order valence-corrected chi connectivity index (χ2v) is 6.24. The zero-order valence-electron chi connectivity index (χ0n) is 16.6. The number of hydrogen-bond donors (Lipinski definition) is 1. The van der Waals surface area contributed by atoms with Gasteiger partial charge in [0, 0.05) is 6.42 Å². The summed E-state index contributed by atoms with van der Waals surface area (Å²) < 4.78 is 15.5. The molecule has 0 aromatic heterocycles. The fourth-order valence-electron chi connectivity index (χ4n) is 2.42. The highest BCUT2D eigenvalue weighted by Crippen LogP contribution is 2.16. The van der Waals surface area contributed by atoms with Crippen LogP contribution in [0, 0.1) is 6.92 Å². The Kier molecular flexibility index (Phi) is 8.69. The predicted molar refractivity (Wildman–Crippen MR) is 108 cm³/mol. The number of carbonyl (C=O) groups is 3. The molecule has 2 aromatic rings. The van der Waals surface area contributed by atoms with E-state index in [0.717, 1.165) is 11.3 Å². The maximum Gasteiger partial charge on any atom is 0.340 e. The molecule has 0 heterocycles. The normalized spacial score (nSPS) is 10.1. The third-order valence-corrected chi connectivity index (χ3v) is 3.88. The summed E-state index contributed by atoms with van der Waals surface area (Å²) in [5.74, 6) is -0.824. The van der Waals surface area contributed by atoms with Crippen LogP contribution in [0.15, 0.2) is 48.5 Å².